The second kappa shape index (κ2) is 4.57. The van der Waals surface area contributed by atoms with Gasteiger partial charge in [-0.2, -0.15) is 0 Å². The smallest absolute Gasteiger partial charge is 0.404 e. The zero-order valence-electron chi connectivity index (χ0n) is 9.33. The van der Waals surface area contributed by atoms with Crippen molar-refractivity contribution in [1.29, 1.82) is 0 Å². The van der Waals surface area contributed by atoms with Crippen LogP contribution in [0.3, 0.4) is 0 Å². The summed E-state index contributed by atoms with van der Waals surface area (Å²) < 4.78 is 42.5. The van der Waals surface area contributed by atoms with E-state index in [2.05, 4.69) is 4.74 Å². The Hall–Kier alpha value is -1.62. The van der Waals surface area contributed by atoms with Gasteiger partial charge in [0.1, 0.15) is 0 Å². The molecule has 0 spiro atoms. The Kier molecular flexibility index (Phi) is 3.26. The van der Waals surface area contributed by atoms with Gasteiger partial charge in [-0.1, -0.05) is 23.7 Å². The van der Waals surface area contributed by atoms with Gasteiger partial charge in [0, 0.05) is 12.4 Å². The first-order chi connectivity index (χ1) is 8.37. The summed E-state index contributed by atoms with van der Waals surface area (Å²) in [6.07, 6.45) is -1.62. The molecule has 0 fully saturated rings. The number of aryl methyl sites for hydroxylation is 1. The number of rotatable bonds is 2. The van der Waals surface area contributed by atoms with Gasteiger partial charge in [0.05, 0.1) is 10.7 Å². The highest BCUT2D eigenvalue weighted by Gasteiger charge is 2.32. The fourth-order valence-corrected chi connectivity index (χ4v) is 1.84. The molecular formula is C12H9ClF3NO. The van der Waals surface area contributed by atoms with E-state index in [-0.39, 0.29) is 5.75 Å². The molecule has 0 N–H and O–H groups in total. The van der Waals surface area contributed by atoms with Gasteiger partial charge in [-0.15, -0.1) is 13.2 Å². The van der Waals surface area contributed by atoms with E-state index in [1.165, 1.54) is 22.9 Å². The first kappa shape index (κ1) is 12.8. The van der Waals surface area contributed by atoms with Gasteiger partial charge in [-0.25, -0.2) is 0 Å². The van der Waals surface area contributed by atoms with Crippen molar-refractivity contribution < 1.29 is 17.9 Å². The standard InChI is InChI=1S/C12H9ClF3NO/c1-8-3-2-4-10(18-12(14,15)16)11(8)17-6-5-9(13)7-17/h2-7H,1H3. The maximum atomic E-state index is 12.3. The summed E-state index contributed by atoms with van der Waals surface area (Å²) in [7, 11) is 0. The Morgan fingerprint density at radius 3 is 2.50 bits per heavy atom. The molecule has 1 aromatic carbocycles. The van der Waals surface area contributed by atoms with Gasteiger partial charge in [-0.3, -0.25) is 0 Å². The van der Waals surface area contributed by atoms with Crippen LogP contribution in [0.4, 0.5) is 13.2 Å². The molecule has 0 unspecified atom stereocenters. The van der Waals surface area contributed by atoms with Crippen LogP contribution in [0.5, 0.6) is 5.75 Å². The van der Waals surface area contributed by atoms with Crippen LogP contribution in [0.15, 0.2) is 36.7 Å². The highest BCUT2D eigenvalue weighted by Crippen LogP contribution is 2.32. The topological polar surface area (TPSA) is 14.2 Å². The fraction of sp³-hybridized carbons (Fsp3) is 0.167. The van der Waals surface area contributed by atoms with Crippen LogP contribution in [0.25, 0.3) is 5.69 Å². The lowest BCUT2D eigenvalue weighted by Gasteiger charge is -2.15. The van der Waals surface area contributed by atoms with Crippen molar-refractivity contribution in [1.82, 2.24) is 4.57 Å². The monoisotopic (exact) mass is 275 g/mol. The van der Waals surface area contributed by atoms with Crippen molar-refractivity contribution >= 4 is 11.6 Å². The fourth-order valence-electron chi connectivity index (χ4n) is 1.68. The van der Waals surface area contributed by atoms with E-state index < -0.39 is 6.36 Å². The SMILES string of the molecule is Cc1cccc(OC(F)(F)F)c1-n1ccc(Cl)c1. The minimum atomic E-state index is -4.72. The molecule has 0 radical (unpaired) electrons. The molecule has 6 heteroatoms. The Labute approximate surface area is 107 Å². The normalized spacial score (nSPS) is 11.6. The van der Waals surface area contributed by atoms with Crippen LogP contribution in [0.1, 0.15) is 5.56 Å². The molecule has 0 saturated heterocycles. The molecule has 0 aliphatic heterocycles. The average molecular weight is 276 g/mol. The summed E-state index contributed by atoms with van der Waals surface area (Å²) in [6.45, 7) is 1.70. The molecule has 0 amide bonds. The third kappa shape index (κ3) is 2.79. The van der Waals surface area contributed by atoms with Crippen molar-refractivity contribution in [2.24, 2.45) is 0 Å². The van der Waals surface area contributed by atoms with E-state index in [0.29, 0.717) is 16.3 Å². The third-order valence-electron chi connectivity index (χ3n) is 2.34. The van der Waals surface area contributed by atoms with Crippen molar-refractivity contribution in [3.05, 3.63) is 47.2 Å². The Bertz CT molecular complexity index is 563. The molecule has 96 valence electrons. The molecule has 0 atom stereocenters. The van der Waals surface area contributed by atoms with E-state index in [1.807, 2.05) is 0 Å². The van der Waals surface area contributed by atoms with Gasteiger partial charge in [0.15, 0.2) is 5.75 Å². The minimum Gasteiger partial charge on any atom is -0.404 e. The number of hydrogen-bond donors (Lipinski definition) is 0. The summed E-state index contributed by atoms with van der Waals surface area (Å²) in [5.41, 5.74) is 0.978. The second-order valence-corrected chi connectivity index (χ2v) is 4.14. The molecule has 2 nitrogen and oxygen atoms in total. The highest BCUT2D eigenvalue weighted by atomic mass is 35.5. The lowest BCUT2D eigenvalue weighted by Crippen LogP contribution is -2.18. The zero-order chi connectivity index (χ0) is 13.3. The third-order valence-corrected chi connectivity index (χ3v) is 2.56. The van der Waals surface area contributed by atoms with Crippen LogP contribution in [0, 0.1) is 6.92 Å². The molecule has 2 aromatic rings. The summed E-state index contributed by atoms with van der Waals surface area (Å²) in [4.78, 5) is 0. The number of benzene rings is 1. The second-order valence-electron chi connectivity index (χ2n) is 3.71. The summed E-state index contributed by atoms with van der Waals surface area (Å²) in [5.74, 6) is -0.255. The quantitative estimate of drug-likeness (QED) is 0.795. The van der Waals surface area contributed by atoms with E-state index in [4.69, 9.17) is 11.6 Å². The van der Waals surface area contributed by atoms with Gasteiger partial charge >= 0.3 is 6.36 Å². The molecule has 1 aromatic heterocycles. The zero-order valence-corrected chi connectivity index (χ0v) is 10.1. The number of para-hydroxylation sites is 1. The predicted molar refractivity (Wildman–Crippen MR) is 62.2 cm³/mol. The van der Waals surface area contributed by atoms with E-state index in [1.54, 1.807) is 25.3 Å². The van der Waals surface area contributed by atoms with Crippen molar-refractivity contribution in [3.8, 4) is 11.4 Å². The summed E-state index contributed by atoms with van der Waals surface area (Å²) >= 11 is 5.76. The van der Waals surface area contributed by atoms with Crippen molar-refractivity contribution in [3.63, 3.8) is 0 Å². The molecule has 2 rings (SSSR count). The van der Waals surface area contributed by atoms with Crippen LogP contribution >= 0.6 is 11.6 Å². The Morgan fingerprint density at radius 2 is 1.94 bits per heavy atom. The van der Waals surface area contributed by atoms with Crippen LogP contribution < -0.4 is 4.74 Å². The molecule has 0 bridgehead atoms. The van der Waals surface area contributed by atoms with Gasteiger partial charge in [0.25, 0.3) is 0 Å². The van der Waals surface area contributed by atoms with Crippen LogP contribution in [-0.2, 0) is 0 Å². The van der Waals surface area contributed by atoms with Crippen LogP contribution in [-0.4, -0.2) is 10.9 Å². The molecular weight excluding hydrogens is 267 g/mol. The average Bonchev–Trinajstić information content (AvgIpc) is 2.62. The number of ether oxygens (including phenoxy) is 1. The number of halogens is 4. The maximum Gasteiger partial charge on any atom is 0.573 e. The lowest BCUT2D eigenvalue weighted by atomic mass is 10.2. The maximum absolute atomic E-state index is 12.3. The Balaban J connectivity index is 2.51. The van der Waals surface area contributed by atoms with Crippen molar-refractivity contribution in [2.45, 2.75) is 13.3 Å². The van der Waals surface area contributed by atoms with E-state index in [9.17, 15) is 13.2 Å². The first-order valence-corrected chi connectivity index (χ1v) is 5.44. The van der Waals surface area contributed by atoms with Gasteiger partial charge < -0.3 is 9.30 Å². The van der Waals surface area contributed by atoms with E-state index >= 15 is 0 Å². The summed E-state index contributed by atoms with van der Waals surface area (Å²) in [5, 5.41) is 0.441. The first-order valence-electron chi connectivity index (χ1n) is 5.06. The molecule has 0 aliphatic rings. The van der Waals surface area contributed by atoms with Gasteiger partial charge in [0.2, 0.25) is 0 Å². The van der Waals surface area contributed by atoms with E-state index in [0.717, 1.165) is 0 Å². The molecule has 0 saturated carbocycles. The predicted octanol–water partition coefficient (Wildman–Crippen LogP) is 4.34. The summed E-state index contributed by atoms with van der Waals surface area (Å²) in [6, 6.07) is 6.06. The van der Waals surface area contributed by atoms with Crippen LogP contribution in [0.2, 0.25) is 5.02 Å². The molecule has 1 heterocycles. The largest absolute Gasteiger partial charge is 0.573 e. The van der Waals surface area contributed by atoms with Gasteiger partial charge in [-0.05, 0) is 24.6 Å². The lowest BCUT2D eigenvalue weighted by molar-refractivity contribution is -0.274. The van der Waals surface area contributed by atoms with Crippen molar-refractivity contribution in [2.75, 3.05) is 0 Å². The number of hydrogen-bond acceptors (Lipinski definition) is 1. The number of alkyl halides is 3. The highest BCUT2D eigenvalue weighted by molar-refractivity contribution is 6.30. The number of aromatic nitrogens is 1. The Morgan fingerprint density at radius 1 is 1.22 bits per heavy atom. The minimum absolute atomic E-state index is 0.255. The molecule has 18 heavy (non-hydrogen) atoms. The molecule has 0 aliphatic carbocycles. The number of nitrogens with zero attached hydrogens (tertiary/aromatic N) is 1.